The van der Waals surface area contributed by atoms with Gasteiger partial charge in [-0.15, -0.1) is 0 Å². The first kappa shape index (κ1) is 16.5. The summed E-state index contributed by atoms with van der Waals surface area (Å²) in [5.41, 5.74) is 2.81. The molecule has 1 heterocycles. The summed E-state index contributed by atoms with van der Waals surface area (Å²) in [6, 6.07) is 16.0. The van der Waals surface area contributed by atoms with E-state index in [4.69, 9.17) is 16.3 Å². The summed E-state index contributed by atoms with van der Waals surface area (Å²) in [5.74, 6) is 0.870. The monoisotopic (exact) mass is 341 g/mol. The molecule has 2 aromatic rings. The molecule has 4 nitrogen and oxygen atoms in total. The molecule has 0 atom stereocenters. The molecule has 124 valence electrons. The number of methoxy groups -OCH3 is 1. The average Bonchev–Trinajstić information content (AvgIpc) is 2.88. The number of anilines is 2. The molecule has 0 spiro atoms. The Morgan fingerprint density at radius 1 is 1.00 bits per heavy atom. The Morgan fingerprint density at radius 2 is 1.71 bits per heavy atom. The number of rotatable bonds is 3. The summed E-state index contributed by atoms with van der Waals surface area (Å²) in [7, 11) is 1.68. The van der Waals surface area contributed by atoms with Gasteiger partial charge in [-0.1, -0.05) is 11.6 Å². The van der Waals surface area contributed by atoms with Crippen LogP contribution in [0.15, 0.2) is 42.5 Å². The number of nitrogens with zero attached hydrogens (tertiary/aromatic N) is 3. The molecule has 1 saturated heterocycles. The van der Waals surface area contributed by atoms with Crippen molar-refractivity contribution in [3.05, 3.63) is 53.1 Å². The first-order valence-electron chi connectivity index (χ1n) is 8.05. The molecule has 3 rings (SSSR count). The fourth-order valence-electron chi connectivity index (χ4n) is 3.08. The summed E-state index contributed by atoms with van der Waals surface area (Å²) < 4.78 is 5.22. The van der Waals surface area contributed by atoms with Gasteiger partial charge in [-0.3, -0.25) is 0 Å². The highest BCUT2D eigenvalue weighted by molar-refractivity contribution is 6.30. The quantitative estimate of drug-likeness (QED) is 0.847. The van der Waals surface area contributed by atoms with Crippen molar-refractivity contribution < 1.29 is 4.74 Å². The third-order valence-electron chi connectivity index (χ3n) is 4.35. The van der Waals surface area contributed by atoms with Crippen LogP contribution in [0, 0.1) is 11.3 Å². The minimum absolute atomic E-state index is 0.602. The SMILES string of the molecule is COc1ccc(N2CCCN(c3ccc(Cl)cc3C#N)CC2)cc1. The molecule has 0 aliphatic carbocycles. The zero-order valence-corrected chi connectivity index (χ0v) is 14.5. The van der Waals surface area contributed by atoms with Crippen LogP contribution in [0.25, 0.3) is 0 Å². The van der Waals surface area contributed by atoms with Crippen molar-refractivity contribution in [2.75, 3.05) is 43.1 Å². The van der Waals surface area contributed by atoms with Gasteiger partial charge in [-0.2, -0.15) is 5.26 Å². The van der Waals surface area contributed by atoms with Gasteiger partial charge in [0.1, 0.15) is 11.8 Å². The van der Waals surface area contributed by atoms with Crippen molar-refractivity contribution in [3.63, 3.8) is 0 Å². The molecule has 1 fully saturated rings. The summed E-state index contributed by atoms with van der Waals surface area (Å²) in [5, 5.41) is 9.97. The second-order valence-electron chi connectivity index (χ2n) is 5.80. The van der Waals surface area contributed by atoms with E-state index in [9.17, 15) is 5.26 Å². The van der Waals surface area contributed by atoms with Crippen LogP contribution < -0.4 is 14.5 Å². The van der Waals surface area contributed by atoms with Crippen LogP contribution in [0.3, 0.4) is 0 Å². The molecule has 0 unspecified atom stereocenters. The highest BCUT2D eigenvalue weighted by Crippen LogP contribution is 2.26. The fraction of sp³-hybridized carbons (Fsp3) is 0.316. The summed E-state index contributed by atoms with van der Waals surface area (Å²) >= 11 is 6.01. The van der Waals surface area contributed by atoms with Crippen molar-refractivity contribution in [1.29, 1.82) is 5.26 Å². The highest BCUT2D eigenvalue weighted by atomic mass is 35.5. The lowest BCUT2D eigenvalue weighted by molar-refractivity contribution is 0.415. The van der Waals surface area contributed by atoms with Crippen LogP contribution in [-0.4, -0.2) is 33.3 Å². The lowest BCUT2D eigenvalue weighted by Gasteiger charge is -2.25. The Bertz CT molecular complexity index is 739. The molecule has 0 amide bonds. The van der Waals surface area contributed by atoms with Gasteiger partial charge < -0.3 is 14.5 Å². The van der Waals surface area contributed by atoms with Crippen LogP contribution in [0.5, 0.6) is 5.75 Å². The Labute approximate surface area is 147 Å². The van der Waals surface area contributed by atoms with Gasteiger partial charge in [0.05, 0.1) is 18.4 Å². The fourth-order valence-corrected chi connectivity index (χ4v) is 3.26. The molecule has 1 aliphatic heterocycles. The molecule has 24 heavy (non-hydrogen) atoms. The Balaban J connectivity index is 1.74. The van der Waals surface area contributed by atoms with Crippen molar-refractivity contribution in [2.45, 2.75) is 6.42 Å². The van der Waals surface area contributed by atoms with E-state index in [0.717, 1.165) is 44.0 Å². The van der Waals surface area contributed by atoms with Crippen LogP contribution in [0.1, 0.15) is 12.0 Å². The Morgan fingerprint density at radius 3 is 2.42 bits per heavy atom. The number of hydrogen-bond donors (Lipinski definition) is 0. The minimum atomic E-state index is 0.602. The maximum atomic E-state index is 9.37. The first-order chi connectivity index (χ1) is 11.7. The van der Waals surface area contributed by atoms with Crippen molar-refractivity contribution >= 4 is 23.0 Å². The summed E-state index contributed by atoms with van der Waals surface area (Å²) in [4.78, 5) is 4.65. The maximum Gasteiger partial charge on any atom is 0.119 e. The van der Waals surface area contributed by atoms with Gasteiger partial charge >= 0.3 is 0 Å². The van der Waals surface area contributed by atoms with Crippen LogP contribution in [0.4, 0.5) is 11.4 Å². The zero-order chi connectivity index (χ0) is 16.9. The van der Waals surface area contributed by atoms with Gasteiger partial charge in [-0.05, 0) is 48.9 Å². The van der Waals surface area contributed by atoms with E-state index >= 15 is 0 Å². The number of hydrogen-bond acceptors (Lipinski definition) is 4. The van der Waals surface area contributed by atoms with Crippen LogP contribution in [0.2, 0.25) is 5.02 Å². The van der Waals surface area contributed by atoms with E-state index in [-0.39, 0.29) is 0 Å². The topological polar surface area (TPSA) is 39.5 Å². The molecule has 0 radical (unpaired) electrons. The van der Waals surface area contributed by atoms with Crippen molar-refractivity contribution in [2.24, 2.45) is 0 Å². The standard InChI is InChI=1S/C19H20ClN3O/c1-24-18-6-4-17(5-7-18)22-9-2-10-23(12-11-22)19-8-3-16(20)13-15(19)14-21/h3-8,13H,2,9-12H2,1H3. The van der Waals surface area contributed by atoms with E-state index in [0.29, 0.717) is 10.6 Å². The van der Waals surface area contributed by atoms with Crippen LogP contribution in [-0.2, 0) is 0 Å². The van der Waals surface area contributed by atoms with Gasteiger partial charge in [0.2, 0.25) is 0 Å². The summed E-state index contributed by atoms with van der Waals surface area (Å²) in [6.07, 6.45) is 1.04. The molecule has 5 heteroatoms. The van der Waals surface area contributed by atoms with E-state index in [2.05, 4.69) is 28.0 Å². The number of ether oxygens (including phenoxy) is 1. The normalized spacial score (nSPS) is 14.9. The van der Waals surface area contributed by atoms with Gasteiger partial charge in [0.25, 0.3) is 0 Å². The molecule has 0 bridgehead atoms. The third kappa shape index (κ3) is 3.58. The molecule has 1 aliphatic rings. The third-order valence-corrected chi connectivity index (χ3v) is 4.59. The first-order valence-corrected chi connectivity index (χ1v) is 8.42. The van der Waals surface area contributed by atoms with Gasteiger partial charge in [0.15, 0.2) is 0 Å². The molecule has 0 aromatic heterocycles. The predicted molar refractivity (Wildman–Crippen MR) is 98.2 cm³/mol. The van der Waals surface area contributed by atoms with Gasteiger partial charge in [-0.25, -0.2) is 0 Å². The second kappa shape index (κ2) is 7.46. The van der Waals surface area contributed by atoms with E-state index < -0.39 is 0 Å². The minimum Gasteiger partial charge on any atom is -0.497 e. The zero-order valence-electron chi connectivity index (χ0n) is 13.7. The molecular weight excluding hydrogens is 322 g/mol. The van der Waals surface area contributed by atoms with Gasteiger partial charge in [0, 0.05) is 36.9 Å². The molecular formula is C19H20ClN3O. The molecule has 0 saturated carbocycles. The Hall–Kier alpha value is -2.38. The van der Waals surface area contributed by atoms with Crippen molar-refractivity contribution in [3.8, 4) is 11.8 Å². The van der Waals surface area contributed by atoms with E-state index in [1.165, 1.54) is 5.69 Å². The Kier molecular flexibility index (Phi) is 5.12. The second-order valence-corrected chi connectivity index (χ2v) is 6.24. The smallest absolute Gasteiger partial charge is 0.119 e. The summed E-state index contributed by atoms with van der Waals surface area (Å²) in [6.45, 7) is 3.73. The maximum absolute atomic E-state index is 9.37. The number of nitriles is 1. The largest absolute Gasteiger partial charge is 0.497 e. The van der Waals surface area contributed by atoms with E-state index in [1.54, 1.807) is 13.2 Å². The predicted octanol–water partition coefficient (Wildman–Crippen LogP) is 3.94. The average molecular weight is 342 g/mol. The lowest BCUT2D eigenvalue weighted by Crippen LogP contribution is -2.31. The van der Waals surface area contributed by atoms with E-state index in [1.807, 2.05) is 24.3 Å². The molecule has 2 aromatic carbocycles. The number of halogens is 1. The number of benzene rings is 2. The van der Waals surface area contributed by atoms with Crippen LogP contribution >= 0.6 is 11.6 Å². The highest BCUT2D eigenvalue weighted by Gasteiger charge is 2.18. The lowest BCUT2D eigenvalue weighted by atomic mass is 10.1. The molecule has 0 N–H and O–H groups in total. The van der Waals surface area contributed by atoms with Crippen molar-refractivity contribution in [1.82, 2.24) is 0 Å².